The van der Waals surface area contributed by atoms with Crippen LogP contribution in [-0.2, 0) is 12.0 Å². The van der Waals surface area contributed by atoms with Crippen LogP contribution in [-0.4, -0.2) is 0 Å². The quantitative estimate of drug-likeness (QED) is 0.841. The van der Waals surface area contributed by atoms with Gasteiger partial charge >= 0.3 is 0 Å². The van der Waals surface area contributed by atoms with Gasteiger partial charge in [-0.2, -0.15) is 0 Å². The van der Waals surface area contributed by atoms with Crippen LogP contribution in [0.1, 0.15) is 64.5 Å². The molecule has 106 valence electrons. The van der Waals surface area contributed by atoms with Crippen LogP contribution in [0.15, 0.2) is 24.3 Å². The first-order valence-corrected chi connectivity index (χ1v) is 7.73. The number of rotatable bonds is 3. The van der Waals surface area contributed by atoms with Crippen molar-refractivity contribution < 1.29 is 0 Å². The highest BCUT2D eigenvalue weighted by Gasteiger charge is 2.41. The summed E-state index contributed by atoms with van der Waals surface area (Å²) >= 11 is 0. The minimum Gasteiger partial charge on any atom is -0.321 e. The van der Waals surface area contributed by atoms with Crippen LogP contribution in [0, 0.1) is 11.3 Å². The molecule has 1 heteroatoms. The number of benzene rings is 1. The molecule has 19 heavy (non-hydrogen) atoms. The van der Waals surface area contributed by atoms with Crippen molar-refractivity contribution in [3.63, 3.8) is 0 Å². The predicted octanol–water partition coefficient (Wildman–Crippen LogP) is 4.64. The van der Waals surface area contributed by atoms with E-state index in [0.717, 1.165) is 12.8 Å². The molecule has 1 nitrogen and oxygen atoms in total. The Morgan fingerprint density at radius 3 is 2.32 bits per heavy atom. The number of aryl methyl sites for hydroxylation is 1. The minimum atomic E-state index is -0.133. The van der Waals surface area contributed by atoms with Crippen molar-refractivity contribution >= 4 is 0 Å². The molecule has 1 aromatic rings. The Labute approximate surface area is 118 Å². The van der Waals surface area contributed by atoms with E-state index in [1.807, 2.05) is 0 Å². The summed E-state index contributed by atoms with van der Waals surface area (Å²) in [6.07, 6.45) is 5.87. The van der Waals surface area contributed by atoms with Crippen LogP contribution in [0.25, 0.3) is 0 Å². The second-order valence-corrected chi connectivity index (χ2v) is 7.46. The number of hydrogen-bond donors (Lipinski definition) is 1. The summed E-state index contributed by atoms with van der Waals surface area (Å²) in [5, 5.41) is 0. The van der Waals surface area contributed by atoms with Crippen molar-refractivity contribution in [3.8, 4) is 0 Å². The van der Waals surface area contributed by atoms with Gasteiger partial charge in [-0.25, -0.2) is 0 Å². The molecule has 1 aliphatic carbocycles. The van der Waals surface area contributed by atoms with Crippen molar-refractivity contribution in [1.29, 1.82) is 0 Å². The van der Waals surface area contributed by atoms with E-state index in [4.69, 9.17) is 5.73 Å². The first-order valence-electron chi connectivity index (χ1n) is 7.73. The van der Waals surface area contributed by atoms with Gasteiger partial charge in [0.2, 0.25) is 0 Å². The molecule has 1 fully saturated rings. The average Bonchev–Trinajstić information content (AvgIpc) is 2.26. The van der Waals surface area contributed by atoms with Gasteiger partial charge in [-0.1, -0.05) is 58.4 Å². The Bertz CT molecular complexity index is 418. The molecule has 0 saturated heterocycles. The first-order chi connectivity index (χ1) is 8.85. The lowest BCUT2D eigenvalue weighted by atomic mass is 9.62. The van der Waals surface area contributed by atoms with Gasteiger partial charge in [0.15, 0.2) is 0 Å². The maximum atomic E-state index is 6.77. The molecule has 0 aromatic heterocycles. The maximum absolute atomic E-state index is 6.77. The van der Waals surface area contributed by atoms with E-state index in [0.29, 0.717) is 11.3 Å². The van der Waals surface area contributed by atoms with Crippen LogP contribution < -0.4 is 5.73 Å². The Kier molecular flexibility index (Phi) is 4.06. The SMILES string of the molecule is CCCc1ccc(C2(N)CC(C)CC(C)(C)C2)cc1. The summed E-state index contributed by atoms with van der Waals surface area (Å²) in [5.41, 5.74) is 9.75. The lowest BCUT2D eigenvalue weighted by molar-refractivity contribution is 0.107. The molecule has 2 N–H and O–H groups in total. The second-order valence-electron chi connectivity index (χ2n) is 7.46. The zero-order chi connectivity index (χ0) is 14.1. The van der Waals surface area contributed by atoms with Crippen LogP contribution in [0.2, 0.25) is 0 Å². The minimum absolute atomic E-state index is 0.133. The molecule has 1 saturated carbocycles. The maximum Gasteiger partial charge on any atom is 0.0417 e. The fourth-order valence-corrected chi connectivity index (χ4v) is 4.15. The van der Waals surface area contributed by atoms with E-state index in [1.54, 1.807) is 0 Å². The third-order valence-electron chi connectivity index (χ3n) is 4.48. The van der Waals surface area contributed by atoms with Crippen molar-refractivity contribution in [3.05, 3.63) is 35.4 Å². The highest BCUT2D eigenvalue weighted by atomic mass is 14.8. The van der Waals surface area contributed by atoms with Gasteiger partial charge in [0.1, 0.15) is 0 Å². The van der Waals surface area contributed by atoms with Crippen molar-refractivity contribution in [2.45, 2.75) is 65.3 Å². The van der Waals surface area contributed by atoms with E-state index < -0.39 is 0 Å². The zero-order valence-electron chi connectivity index (χ0n) is 13.0. The number of nitrogens with two attached hydrogens (primary N) is 1. The number of hydrogen-bond acceptors (Lipinski definition) is 1. The lowest BCUT2D eigenvalue weighted by Crippen LogP contribution is -2.46. The lowest BCUT2D eigenvalue weighted by Gasteiger charge is -2.46. The third kappa shape index (κ3) is 3.39. The van der Waals surface area contributed by atoms with Gasteiger partial charge in [-0.05, 0) is 48.1 Å². The fraction of sp³-hybridized carbons (Fsp3) is 0.667. The smallest absolute Gasteiger partial charge is 0.0417 e. The van der Waals surface area contributed by atoms with Crippen LogP contribution in [0.4, 0.5) is 0 Å². The van der Waals surface area contributed by atoms with Crippen LogP contribution in [0.5, 0.6) is 0 Å². The van der Waals surface area contributed by atoms with Gasteiger partial charge < -0.3 is 5.73 Å². The molecule has 0 spiro atoms. The van der Waals surface area contributed by atoms with E-state index in [9.17, 15) is 0 Å². The standard InChI is InChI=1S/C18H29N/c1-5-6-15-7-9-16(10-8-15)18(19)12-14(2)11-17(3,4)13-18/h7-10,14H,5-6,11-13,19H2,1-4H3. The van der Waals surface area contributed by atoms with E-state index in [-0.39, 0.29) is 5.54 Å². The molecule has 0 bridgehead atoms. The fourth-order valence-electron chi connectivity index (χ4n) is 4.15. The highest BCUT2D eigenvalue weighted by Crippen LogP contribution is 2.47. The highest BCUT2D eigenvalue weighted by molar-refractivity contribution is 5.29. The first kappa shape index (κ1) is 14.6. The summed E-state index contributed by atoms with van der Waals surface area (Å²) in [6, 6.07) is 9.05. The molecule has 2 atom stereocenters. The largest absolute Gasteiger partial charge is 0.321 e. The zero-order valence-corrected chi connectivity index (χ0v) is 13.0. The Morgan fingerprint density at radius 1 is 1.16 bits per heavy atom. The molecule has 1 aromatic carbocycles. The molecule has 0 aliphatic heterocycles. The molecule has 0 amide bonds. The van der Waals surface area contributed by atoms with Gasteiger partial charge in [-0.15, -0.1) is 0 Å². The average molecular weight is 259 g/mol. The van der Waals surface area contributed by atoms with Crippen LogP contribution >= 0.6 is 0 Å². The summed E-state index contributed by atoms with van der Waals surface area (Å²) < 4.78 is 0. The Hall–Kier alpha value is -0.820. The Balaban J connectivity index is 2.23. The molecule has 2 rings (SSSR count). The van der Waals surface area contributed by atoms with E-state index in [1.165, 1.54) is 30.4 Å². The van der Waals surface area contributed by atoms with Gasteiger partial charge in [0.05, 0.1) is 0 Å². The van der Waals surface area contributed by atoms with Crippen LogP contribution in [0.3, 0.4) is 0 Å². The van der Waals surface area contributed by atoms with Crippen molar-refractivity contribution in [2.24, 2.45) is 17.1 Å². The molecular weight excluding hydrogens is 230 g/mol. The summed E-state index contributed by atoms with van der Waals surface area (Å²) in [6.45, 7) is 9.28. The van der Waals surface area contributed by atoms with E-state index in [2.05, 4.69) is 52.0 Å². The second kappa shape index (κ2) is 5.28. The molecule has 0 radical (unpaired) electrons. The summed E-state index contributed by atoms with van der Waals surface area (Å²) in [7, 11) is 0. The van der Waals surface area contributed by atoms with Gasteiger partial charge in [-0.3, -0.25) is 0 Å². The van der Waals surface area contributed by atoms with Gasteiger partial charge in [0.25, 0.3) is 0 Å². The summed E-state index contributed by atoms with van der Waals surface area (Å²) in [4.78, 5) is 0. The summed E-state index contributed by atoms with van der Waals surface area (Å²) in [5.74, 6) is 0.712. The van der Waals surface area contributed by atoms with Crippen molar-refractivity contribution in [1.82, 2.24) is 0 Å². The monoisotopic (exact) mass is 259 g/mol. The molecule has 2 unspecified atom stereocenters. The molecule has 1 aliphatic rings. The predicted molar refractivity (Wildman–Crippen MR) is 83.1 cm³/mol. The Morgan fingerprint density at radius 2 is 1.79 bits per heavy atom. The third-order valence-corrected chi connectivity index (χ3v) is 4.48. The van der Waals surface area contributed by atoms with E-state index >= 15 is 0 Å². The topological polar surface area (TPSA) is 26.0 Å². The normalized spacial score (nSPS) is 30.3. The molecule has 0 heterocycles. The van der Waals surface area contributed by atoms with Crippen molar-refractivity contribution in [2.75, 3.05) is 0 Å². The van der Waals surface area contributed by atoms with Gasteiger partial charge in [0, 0.05) is 5.54 Å². The molecular formula is C18H29N.